The lowest BCUT2D eigenvalue weighted by Crippen LogP contribution is -2.28. The summed E-state index contributed by atoms with van der Waals surface area (Å²) in [5.74, 6) is -0.545. The van der Waals surface area contributed by atoms with Crippen molar-refractivity contribution in [3.8, 4) is 11.1 Å². The Morgan fingerprint density at radius 3 is 2.40 bits per heavy atom. The van der Waals surface area contributed by atoms with E-state index in [0.717, 1.165) is 16.7 Å². The molecule has 2 amide bonds. The lowest BCUT2D eigenvalue weighted by molar-refractivity contribution is 0.0698. The highest BCUT2D eigenvalue weighted by molar-refractivity contribution is 5.95. The maximum atomic E-state index is 12.1. The predicted molar refractivity (Wildman–Crippen MR) is 118 cm³/mol. The van der Waals surface area contributed by atoms with Crippen LogP contribution in [0.2, 0.25) is 0 Å². The topological polar surface area (TPSA) is 129 Å². The molecule has 0 bridgehead atoms. The number of pyridine rings is 1. The van der Waals surface area contributed by atoms with Crippen molar-refractivity contribution < 1.29 is 14.7 Å². The van der Waals surface area contributed by atoms with Gasteiger partial charge in [0.25, 0.3) is 0 Å². The first-order valence-electron chi connectivity index (χ1n) is 9.43. The highest BCUT2D eigenvalue weighted by Crippen LogP contribution is 2.27. The van der Waals surface area contributed by atoms with Crippen LogP contribution < -0.4 is 21.7 Å². The van der Waals surface area contributed by atoms with Crippen molar-refractivity contribution in [2.75, 3.05) is 22.9 Å². The molecule has 1 heterocycles. The second-order valence-electron chi connectivity index (χ2n) is 6.57. The molecule has 30 heavy (non-hydrogen) atoms. The fourth-order valence-corrected chi connectivity index (χ4v) is 2.89. The second-order valence-corrected chi connectivity index (χ2v) is 6.57. The minimum Gasteiger partial charge on any atom is -0.478 e. The molecule has 154 valence electrons. The van der Waals surface area contributed by atoms with Gasteiger partial charge in [0.05, 0.1) is 5.56 Å². The summed E-state index contributed by atoms with van der Waals surface area (Å²) in [6, 6.07) is 15.6. The molecule has 0 saturated heterocycles. The first kappa shape index (κ1) is 20.7. The zero-order chi connectivity index (χ0) is 21.5. The Balaban J connectivity index is 1.64. The van der Waals surface area contributed by atoms with E-state index in [1.807, 2.05) is 25.1 Å². The number of carboxylic acid groups (broad SMARTS) is 1. The van der Waals surface area contributed by atoms with Crippen LogP contribution >= 0.6 is 0 Å². The summed E-state index contributed by atoms with van der Waals surface area (Å²) in [5.41, 5.74) is 9.61. The molecule has 1 aromatic heterocycles. The van der Waals surface area contributed by atoms with Crippen molar-refractivity contribution in [2.24, 2.45) is 0 Å². The lowest BCUT2D eigenvalue weighted by atomic mass is 10.0. The average molecular weight is 405 g/mol. The Bertz CT molecular complexity index is 1030. The third-order valence-electron chi connectivity index (χ3n) is 4.39. The molecule has 2 aromatic carbocycles. The van der Waals surface area contributed by atoms with Gasteiger partial charge in [-0.05, 0) is 53.9 Å². The van der Waals surface area contributed by atoms with E-state index >= 15 is 0 Å². The highest BCUT2D eigenvalue weighted by Gasteiger charge is 2.11. The van der Waals surface area contributed by atoms with E-state index in [0.29, 0.717) is 30.3 Å². The van der Waals surface area contributed by atoms with Gasteiger partial charge in [-0.1, -0.05) is 24.3 Å². The van der Waals surface area contributed by atoms with Crippen LogP contribution in [0.25, 0.3) is 11.1 Å². The van der Waals surface area contributed by atoms with Crippen LogP contribution in [0.15, 0.2) is 60.8 Å². The number of carboxylic acids is 1. The fraction of sp³-hybridized carbons (Fsp3) is 0.136. The van der Waals surface area contributed by atoms with Crippen molar-refractivity contribution in [3.63, 3.8) is 0 Å². The molecule has 0 aliphatic rings. The van der Waals surface area contributed by atoms with Crippen molar-refractivity contribution in [3.05, 3.63) is 71.9 Å². The van der Waals surface area contributed by atoms with Crippen LogP contribution in [0.4, 0.5) is 22.0 Å². The van der Waals surface area contributed by atoms with Crippen LogP contribution in [-0.4, -0.2) is 28.6 Å². The average Bonchev–Trinajstić information content (AvgIpc) is 2.74. The predicted octanol–water partition coefficient (Wildman–Crippen LogP) is 3.78. The van der Waals surface area contributed by atoms with Gasteiger partial charge in [-0.2, -0.15) is 0 Å². The number of urea groups is 1. The summed E-state index contributed by atoms with van der Waals surface area (Å²) in [5, 5.41) is 17.9. The normalized spacial score (nSPS) is 10.3. The summed E-state index contributed by atoms with van der Waals surface area (Å²) >= 11 is 0. The number of amides is 2. The maximum Gasteiger partial charge on any atom is 0.337 e. The van der Waals surface area contributed by atoms with E-state index in [2.05, 4.69) is 20.9 Å². The van der Waals surface area contributed by atoms with Gasteiger partial charge in [0, 0.05) is 30.7 Å². The number of hydrogen-bond acceptors (Lipinski definition) is 5. The lowest BCUT2D eigenvalue weighted by Gasteiger charge is -2.11. The molecule has 8 nitrogen and oxygen atoms in total. The molecule has 3 aromatic rings. The monoisotopic (exact) mass is 405 g/mol. The van der Waals surface area contributed by atoms with E-state index < -0.39 is 5.97 Å². The summed E-state index contributed by atoms with van der Waals surface area (Å²) in [7, 11) is 0. The maximum absolute atomic E-state index is 12.1. The Kier molecular flexibility index (Phi) is 6.49. The van der Waals surface area contributed by atoms with E-state index in [1.54, 1.807) is 42.6 Å². The number of aromatic carboxylic acids is 1. The van der Waals surface area contributed by atoms with Crippen LogP contribution in [0.3, 0.4) is 0 Å². The number of nitrogens with zero attached hydrogens (tertiary/aromatic N) is 1. The number of rotatable bonds is 7. The van der Waals surface area contributed by atoms with Gasteiger partial charge in [-0.25, -0.2) is 14.6 Å². The summed E-state index contributed by atoms with van der Waals surface area (Å²) in [6.45, 7) is 2.86. The SMILES string of the molecule is CCNc1cc(-c2ccc(NC(=O)NCc3ccc(N)nc3)cc2)ccc1C(=O)O. The number of nitrogen functional groups attached to an aromatic ring is 1. The van der Waals surface area contributed by atoms with Gasteiger partial charge >= 0.3 is 12.0 Å². The molecule has 8 heteroatoms. The Labute approximate surface area is 174 Å². The summed E-state index contributed by atoms with van der Waals surface area (Å²) in [6.07, 6.45) is 1.61. The van der Waals surface area contributed by atoms with Gasteiger partial charge < -0.3 is 26.8 Å². The van der Waals surface area contributed by atoms with Crippen molar-refractivity contribution in [1.82, 2.24) is 10.3 Å². The van der Waals surface area contributed by atoms with Gasteiger partial charge in [-0.3, -0.25) is 0 Å². The van der Waals surface area contributed by atoms with E-state index in [9.17, 15) is 14.7 Å². The van der Waals surface area contributed by atoms with Gasteiger partial charge in [0.1, 0.15) is 5.82 Å². The van der Waals surface area contributed by atoms with E-state index in [4.69, 9.17) is 5.73 Å². The number of aromatic nitrogens is 1. The van der Waals surface area contributed by atoms with Crippen LogP contribution in [0, 0.1) is 0 Å². The minimum absolute atomic E-state index is 0.229. The summed E-state index contributed by atoms with van der Waals surface area (Å²) in [4.78, 5) is 27.4. The zero-order valence-electron chi connectivity index (χ0n) is 16.5. The van der Waals surface area contributed by atoms with Crippen LogP contribution in [-0.2, 0) is 6.54 Å². The number of carbonyl (C=O) groups is 2. The zero-order valence-corrected chi connectivity index (χ0v) is 16.5. The van der Waals surface area contributed by atoms with E-state index in [-0.39, 0.29) is 11.6 Å². The molecular weight excluding hydrogens is 382 g/mol. The standard InChI is InChI=1S/C22H23N5O3/c1-2-24-19-11-16(6-9-18(19)21(28)29)15-4-7-17(8-5-15)27-22(30)26-13-14-3-10-20(23)25-12-14/h3-12,24H,2,13H2,1H3,(H2,23,25)(H,28,29)(H2,26,27,30). The minimum atomic E-state index is -0.974. The first-order chi connectivity index (χ1) is 14.5. The van der Waals surface area contributed by atoms with Crippen molar-refractivity contribution >= 4 is 29.2 Å². The molecule has 0 aliphatic carbocycles. The molecule has 0 aliphatic heterocycles. The number of benzene rings is 2. The molecule has 3 rings (SSSR count). The number of hydrogen-bond donors (Lipinski definition) is 5. The van der Waals surface area contributed by atoms with Crippen molar-refractivity contribution in [1.29, 1.82) is 0 Å². The Morgan fingerprint density at radius 2 is 1.77 bits per heavy atom. The molecular formula is C22H23N5O3. The van der Waals surface area contributed by atoms with Crippen LogP contribution in [0.1, 0.15) is 22.8 Å². The second kappa shape index (κ2) is 9.42. The highest BCUT2D eigenvalue weighted by atomic mass is 16.4. The molecule has 0 unspecified atom stereocenters. The third-order valence-corrected chi connectivity index (χ3v) is 4.39. The number of carbonyl (C=O) groups excluding carboxylic acids is 1. The number of nitrogens with one attached hydrogen (secondary N) is 3. The molecule has 0 spiro atoms. The largest absolute Gasteiger partial charge is 0.478 e. The first-order valence-corrected chi connectivity index (χ1v) is 9.43. The Hall–Kier alpha value is -4.07. The number of nitrogens with two attached hydrogens (primary N) is 1. The van der Waals surface area contributed by atoms with Gasteiger partial charge in [0.15, 0.2) is 0 Å². The third kappa shape index (κ3) is 5.26. The smallest absolute Gasteiger partial charge is 0.337 e. The van der Waals surface area contributed by atoms with Crippen molar-refractivity contribution in [2.45, 2.75) is 13.5 Å². The van der Waals surface area contributed by atoms with Gasteiger partial charge in [-0.15, -0.1) is 0 Å². The molecule has 0 radical (unpaired) electrons. The van der Waals surface area contributed by atoms with Gasteiger partial charge in [0.2, 0.25) is 0 Å². The van der Waals surface area contributed by atoms with E-state index in [1.165, 1.54) is 0 Å². The van der Waals surface area contributed by atoms with Crippen LogP contribution in [0.5, 0.6) is 0 Å². The summed E-state index contributed by atoms with van der Waals surface area (Å²) < 4.78 is 0. The molecule has 0 atom stereocenters. The number of anilines is 3. The quantitative estimate of drug-likeness (QED) is 0.407. The Morgan fingerprint density at radius 1 is 1.03 bits per heavy atom. The molecule has 0 fully saturated rings. The molecule has 6 N–H and O–H groups in total. The molecule has 0 saturated carbocycles. The fourth-order valence-electron chi connectivity index (χ4n) is 2.89.